The van der Waals surface area contributed by atoms with E-state index >= 15 is 0 Å². The summed E-state index contributed by atoms with van der Waals surface area (Å²) in [7, 11) is 0. The minimum Gasteiger partial charge on any atom is -0.353 e. The Balaban J connectivity index is 2.26. The van der Waals surface area contributed by atoms with Crippen LogP contribution in [-0.4, -0.2) is 18.5 Å². The van der Waals surface area contributed by atoms with Gasteiger partial charge >= 0.3 is 0 Å². The van der Waals surface area contributed by atoms with E-state index in [0.717, 1.165) is 19.4 Å². The smallest absolute Gasteiger partial charge is 0.234 e. The maximum absolute atomic E-state index is 11.5. The van der Waals surface area contributed by atoms with Crippen molar-refractivity contribution in [2.75, 3.05) is 6.54 Å². The maximum atomic E-state index is 11.5. The van der Waals surface area contributed by atoms with Crippen LogP contribution in [0.5, 0.6) is 0 Å². The molecule has 0 aliphatic carbocycles. The monoisotopic (exact) mass is 248 g/mol. The fourth-order valence-electron chi connectivity index (χ4n) is 1.64. The summed E-state index contributed by atoms with van der Waals surface area (Å²) in [5.74, 6) is 0.0644. The summed E-state index contributed by atoms with van der Waals surface area (Å²) in [5.41, 5.74) is 2.55. The van der Waals surface area contributed by atoms with Gasteiger partial charge in [0.05, 0.1) is 6.54 Å². The molecule has 0 radical (unpaired) electrons. The van der Waals surface area contributed by atoms with Crippen molar-refractivity contribution >= 4 is 5.91 Å². The molecule has 0 aliphatic rings. The summed E-state index contributed by atoms with van der Waals surface area (Å²) in [4.78, 5) is 11.5. The SMILES string of the molecule is CCc1ccc(CNCC(=O)NC(C)CC)cc1. The van der Waals surface area contributed by atoms with E-state index in [1.807, 2.05) is 6.92 Å². The zero-order valence-corrected chi connectivity index (χ0v) is 11.6. The molecule has 1 atom stereocenters. The molecule has 0 spiro atoms. The van der Waals surface area contributed by atoms with Crippen molar-refractivity contribution < 1.29 is 4.79 Å². The molecular weight excluding hydrogens is 224 g/mol. The number of hydrogen-bond donors (Lipinski definition) is 2. The number of amides is 1. The quantitative estimate of drug-likeness (QED) is 0.777. The van der Waals surface area contributed by atoms with Crippen LogP contribution >= 0.6 is 0 Å². The van der Waals surface area contributed by atoms with Gasteiger partial charge in [0.25, 0.3) is 0 Å². The predicted octanol–water partition coefficient (Wildman–Crippen LogP) is 2.25. The minimum atomic E-state index is 0.0644. The van der Waals surface area contributed by atoms with Crippen molar-refractivity contribution in [3.63, 3.8) is 0 Å². The minimum absolute atomic E-state index is 0.0644. The molecule has 1 unspecified atom stereocenters. The van der Waals surface area contributed by atoms with E-state index in [1.54, 1.807) is 0 Å². The summed E-state index contributed by atoms with van der Waals surface area (Å²) in [6, 6.07) is 8.74. The van der Waals surface area contributed by atoms with Crippen LogP contribution in [0.2, 0.25) is 0 Å². The summed E-state index contributed by atoms with van der Waals surface area (Å²) < 4.78 is 0. The van der Waals surface area contributed by atoms with Gasteiger partial charge in [-0.3, -0.25) is 4.79 Å². The number of nitrogens with one attached hydrogen (secondary N) is 2. The number of carbonyl (C=O) groups is 1. The average molecular weight is 248 g/mol. The Kier molecular flexibility index (Phi) is 6.44. The van der Waals surface area contributed by atoms with Gasteiger partial charge in [0.1, 0.15) is 0 Å². The number of rotatable bonds is 7. The van der Waals surface area contributed by atoms with Crippen LogP contribution in [0.1, 0.15) is 38.3 Å². The highest BCUT2D eigenvalue weighted by Crippen LogP contribution is 2.04. The van der Waals surface area contributed by atoms with Crippen LogP contribution in [0.4, 0.5) is 0 Å². The van der Waals surface area contributed by atoms with Crippen molar-refractivity contribution in [1.29, 1.82) is 0 Å². The van der Waals surface area contributed by atoms with Gasteiger partial charge in [-0.05, 0) is 30.9 Å². The normalized spacial score (nSPS) is 12.2. The third-order valence-electron chi connectivity index (χ3n) is 3.07. The lowest BCUT2D eigenvalue weighted by Gasteiger charge is -2.11. The summed E-state index contributed by atoms with van der Waals surface area (Å²) >= 11 is 0. The zero-order valence-electron chi connectivity index (χ0n) is 11.6. The summed E-state index contributed by atoms with van der Waals surface area (Å²) in [6.45, 7) is 7.33. The topological polar surface area (TPSA) is 41.1 Å². The lowest BCUT2D eigenvalue weighted by molar-refractivity contribution is -0.120. The van der Waals surface area contributed by atoms with Crippen LogP contribution in [-0.2, 0) is 17.8 Å². The van der Waals surface area contributed by atoms with Gasteiger partial charge in [-0.15, -0.1) is 0 Å². The third kappa shape index (κ3) is 5.32. The molecule has 2 N–H and O–H groups in total. The molecule has 0 saturated heterocycles. The molecule has 3 heteroatoms. The second-order valence-electron chi connectivity index (χ2n) is 4.65. The first-order valence-electron chi connectivity index (χ1n) is 6.73. The van der Waals surface area contributed by atoms with E-state index in [1.165, 1.54) is 11.1 Å². The number of carbonyl (C=O) groups excluding carboxylic acids is 1. The number of benzene rings is 1. The van der Waals surface area contributed by atoms with E-state index in [2.05, 4.69) is 48.7 Å². The first kappa shape index (κ1) is 14.7. The molecule has 0 saturated carbocycles. The third-order valence-corrected chi connectivity index (χ3v) is 3.07. The molecule has 100 valence electrons. The Hall–Kier alpha value is -1.35. The lowest BCUT2D eigenvalue weighted by atomic mass is 10.1. The van der Waals surface area contributed by atoms with Crippen LogP contribution in [0.3, 0.4) is 0 Å². The Labute approximate surface area is 110 Å². The first-order valence-corrected chi connectivity index (χ1v) is 6.73. The molecule has 1 aromatic rings. The fourth-order valence-corrected chi connectivity index (χ4v) is 1.64. The standard InChI is InChI=1S/C15H24N2O/c1-4-12(3)17-15(18)11-16-10-14-8-6-13(5-2)7-9-14/h6-9,12,16H,4-5,10-11H2,1-3H3,(H,17,18). The van der Waals surface area contributed by atoms with Gasteiger partial charge < -0.3 is 10.6 Å². The highest BCUT2D eigenvalue weighted by molar-refractivity contribution is 5.78. The Morgan fingerprint density at radius 1 is 1.17 bits per heavy atom. The average Bonchev–Trinajstić information content (AvgIpc) is 2.39. The van der Waals surface area contributed by atoms with E-state index in [0.29, 0.717) is 6.54 Å². The van der Waals surface area contributed by atoms with Gasteiger partial charge in [-0.1, -0.05) is 38.1 Å². The van der Waals surface area contributed by atoms with E-state index in [-0.39, 0.29) is 11.9 Å². The van der Waals surface area contributed by atoms with E-state index in [9.17, 15) is 4.79 Å². The Morgan fingerprint density at radius 2 is 1.78 bits per heavy atom. The largest absolute Gasteiger partial charge is 0.353 e. The van der Waals surface area contributed by atoms with E-state index in [4.69, 9.17) is 0 Å². The number of hydrogen-bond acceptors (Lipinski definition) is 2. The van der Waals surface area contributed by atoms with Gasteiger partial charge in [0, 0.05) is 12.6 Å². The van der Waals surface area contributed by atoms with Crippen LogP contribution in [0.25, 0.3) is 0 Å². The number of aryl methyl sites for hydroxylation is 1. The van der Waals surface area contributed by atoms with Crippen molar-refractivity contribution in [3.05, 3.63) is 35.4 Å². The highest BCUT2D eigenvalue weighted by atomic mass is 16.1. The van der Waals surface area contributed by atoms with Gasteiger partial charge in [-0.2, -0.15) is 0 Å². The van der Waals surface area contributed by atoms with Gasteiger partial charge in [-0.25, -0.2) is 0 Å². The summed E-state index contributed by atoms with van der Waals surface area (Å²) in [6.07, 6.45) is 2.02. The predicted molar refractivity (Wildman–Crippen MR) is 75.4 cm³/mol. The molecule has 1 amide bonds. The van der Waals surface area contributed by atoms with Crippen molar-refractivity contribution in [1.82, 2.24) is 10.6 Å². The maximum Gasteiger partial charge on any atom is 0.234 e. The molecule has 1 rings (SSSR count). The molecule has 0 heterocycles. The lowest BCUT2D eigenvalue weighted by Crippen LogP contribution is -2.38. The molecule has 0 aromatic heterocycles. The second kappa shape index (κ2) is 7.88. The Bertz CT molecular complexity index is 359. The molecule has 3 nitrogen and oxygen atoms in total. The van der Waals surface area contributed by atoms with E-state index < -0.39 is 0 Å². The van der Waals surface area contributed by atoms with Crippen molar-refractivity contribution in [2.45, 2.75) is 46.2 Å². The molecule has 1 aromatic carbocycles. The molecule has 0 fully saturated rings. The zero-order chi connectivity index (χ0) is 13.4. The molecule has 18 heavy (non-hydrogen) atoms. The fraction of sp³-hybridized carbons (Fsp3) is 0.533. The molecule has 0 bridgehead atoms. The second-order valence-corrected chi connectivity index (χ2v) is 4.65. The molecular formula is C15H24N2O. The van der Waals surface area contributed by atoms with Crippen LogP contribution in [0, 0.1) is 0 Å². The van der Waals surface area contributed by atoms with Crippen LogP contribution < -0.4 is 10.6 Å². The van der Waals surface area contributed by atoms with Crippen molar-refractivity contribution in [2.24, 2.45) is 0 Å². The van der Waals surface area contributed by atoms with Gasteiger partial charge in [0.15, 0.2) is 0 Å². The molecule has 0 aliphatic heterocycles. The first-order chi connectivity index (χ1) is 8.65. The van der Waals surface area contributed by atoms with Crippen molar-refractivity contribution in [3.8, 4) is 0 Å². The Morgan fingerprint density at radius 3 is 2.33 bits per heavy atom. The van der Waals surface area contributed by atoms with Gasteiger partial charge in [0.2, 0.25) is 5.91 Å². The highest BCUT2D eigenvalue weighted by Gasteiger charge is 2.04. The van der Waals surface area contributed by atoms with Crippen LogP contribution in [0.15, 0.2) is 24.3 Å². The summed E-state index contributed by atoms with van der Waals surface area (Å²) in [5, 5.41) is 6.09.